The van der Waals surface area contributed by atoms with E-state index in [0.717, 1.165) is 11.3 Å². The predicted octanol–water partition coefficient (Wildman–Crippen LogP) is 4.95. The maximum Gasteiger partial charge on any atom is 0.355 e. The van der Waals surface area contributed by atoms with Crippen LogP contribution in [0.1, 0.15) is 199 Å². The van der Waals surface area contributed by atoms with Gasteiger partial charge in [0.15, 0.2) is 0 Å². The van der Waals surface area contributed by atoms with Gasteiger partial charge in [0.1, 0.15) is 11.3 Å². The smallest absolute Gasteiger partial charge is 0.355 e. The first kappa shape index (κ1) is 84.1. The molecule has 0 aromatic carbocycles. The van der Waals surface area contributed by atoms with Crippen LogP contribution in [-0.2, 0) is 230 Å². The van der Waals surface area contributed by atoms with Gasteiger partial charge in [-0.05, 0) is 126 Å². The highest BCUT2D eigenvalue weighted by Gasteiger charge is 2.34. The first-order valence-electron chi connectivity index (χ1n) is 35.0. The quantitative estimate of drug-likeness (QED) is 0.0198. The standard InChI is InChI=1S/C76H97N7O25/c1-76(2,3)108-75(96)74-44(20-26-68(90)102-9)50(32-73(95)107-14)60(83-74)36-54-43(19-25-67(89)101-8)47(29-70(92)104-11)56(81-54)34-53-42(18-24-66(88)100-7)49(31-72(94)106-13)59(80-53)37-58-48(30-71(93)105-12)41(17-23-65(87)99-6)52(79-58)33-51-40(16-22-64(86)98-5)46(28-69(91)103-10)57(78-51)35-55-39(15-21-63(85)97-4)45-27-62(84)77-38-61(45)82-55/h78-83H,15-38H2,1-14H3,(H,77,84). The number of nitrogens with one attached hydrogen (secondary N) is 7. The highest BCUT2D eigenvalue weighted by atomic mass is 16.6. The zero-order chi connectivity index (χ0) is 79.3. The van der Waals surface area contributed by atoms with Gasteiger partial charge in [-0.1, -0.05) is 0 Å². The number of amides is 1. The summed E-state index contributed by atoms with van der Waals surface area (Å²) in [5, 5.41) is 2.85. The summed E-state index contributed by atoms with van der Waals surface area (Å²) >= 11 is 0. The zero-order valence-corrected chi connectivity index (χ0v) is 63.7. The van der Waals surface area contributed by atoms with Gasteiger partial charge in [-0.25, -0.2) is 4.79 Å². The highest BCUT2D eigenvalue weighted by molar-refractivity contribution is 5.91. The molecule has 108 heavy (non-hydrogen) atoms. The van der Waals surface area contributed by atoms with Crippen LogP contribution in [0.4, 0.5) is 0 Å². The van der Waals surface area contributed by atoms with E-state index in [0.29, 0.717) is 113 Å². The van der Waals surface area contributed by atoms with E-state index < -0.39 is 83.7 Å². The van der Waals surface area contributed by atoms with Gasteiger partial charge in [-0.2, -0.15) is 0 Å². The molecule has 0 atom stereocenters. The van der Waals surface area contributed by atoms with Crippen molar-refractivity contribution in [3.8, 4) is 0 Å². The van der Waals surface area contributed by atoms with Crippen LogP contribution in [0.5, 0.6) is 0 Å². The van der Waals surface area contributed by atoms with Crippen LogP contribution >= 0.6 is 0 Å². The number of carbonyl (C=O) groups excluding carboxylic acids is 13. The van der Waals surface area contributed by atoms with Crippen LogP contribution in [0.25, 0.3) is 0 Å². The molecule has 1 amide bonds. The van der Waals surface area contributed by atoms with Crippen LogP contribution in [-0.4, -0.2) is 191 Å². The third kappa shape index (κ3) is 22.0. The van der Waals surface area contributed by atoms with E-state index in [2.05, 4.69) is 35.2 Å². The van der Waals surface area contributed by atoms with Crippen molar-refractivity contribution in [3.05, 3.63) is 135 Å². The molecule has 32 heteroatoms. The lowest BCUT2D eigenvalue weighted by Gasteiger charge is -2.19. The summed E-state index contributed by atoms with van der Waals surface area (Å²) in [5.41, 5.74) is 9.43. The number of hydrogen-bond donors (Lipinski definition) is 7. The average Bonchev–Trinajstić information content (AvgIpc) is 1.63. The Morgan fingerprint density at radius 3 is 0.796 bits per heavy atom. The van der Waals surface area contributed by atoms with E-state index in [9.17, 15) is 62.3 Å². The fourth-order valence-corrected chi connectivity index (χ4v) is 13.7. The maximum absolute atomic E-state index is 14.2. The number of ether oxygens (including phenoxy) is 12. The molecule has 0 radical (unpaired) electrons. The number of H-pyrrole nitrogens is 6. The minimum atomic E-state index is -1.000. The van der Waals surface area contributed by atoms with Gasteiger partial charge in [0, 0.05) is 133 Å². The van der Waals surface area contributed by atoms with E-state index >= 15 is 0 Å². The van der Waals surface area contributed by atoms with Crippen molar-refractivity contribution >= 4 is 77.5 Å². The topological polar surface area (TPSA) is 439 Å². The zero-order valence-electron chi connectivity index (χ0n) is 63.7. The monoisotopic (exact) mass is 1510 g/mol. The van der Waals surface area contributed by atoms with Crippen molar-refractivity contribution in [2.45, 2.75) is 181 Å². The second kappa shape index (κ2) is 38.9. The molecule has 7 heterocycles. The molecule has 7 N–H and O–H groups in total. The fourth-order valence-electron chi connectivity index (χ4n) is 13.7. The van der Waals surface area contributed by atoms with Gasteiger partial charge in [0.25, 0.3) is 0 Å². The Kier molecular flexibility index (Phi) is 30.3. The van der Waals surface area contributed by atoms with Gasteiger partial charge in [-0.3, -0.25) is 57.5 Å². The van der Waals surface area contributed by atoms with Crippen molar-refractivity contribution in [3.63, 3.8) is 0 Å². The van der Waals surface area contributed by atoms with Gasteiger partial charge < -0.3 is 92.1 Å². The van der Waals surface area contributed by atoms with Gasteiger partial charge in [-0.15, -0.1) is 0 Å². The van der Waals surface area contributed by atoms with Crippen LogP contribution in [0, 0.1) is 0 Å². The molecule has 0 unspecified atom stereocenters. The largest absolute Gasteiger partial charge is 0.469 e. The molecule has 0 saturated heterocycles. The first-order chi connectivity index (χ1) is 51.5. The number of hydrogen-bond acceptors (Lipinski definition) is 25. The number of esters is 12. The van der Waals surface area contributed by atoms with Gasteiger partial charge >= 0.3 is 71.6 Å². The van der Waals surface area contributed by atoms with E-state index in [1.807, 2.05) is 0 Å². The molecule has 586 valence electrons. The molecule has 0 saturated carbocycles. The molecular weight excluding hydrogens is 1410 g/mol. The molecule has 1 aliphatic heterocycles. The molecule has 0 bridgehead atoms. The van der Waals surface area contributed by atoms with E-state index in [1.54, 1.807) is 20.8 Å². The Morgan fingerprint density at radius 1 is 0.296 bits per heavy atom. The maximum atomic E-state index is 14.2. The average molecular weight is 1510 g/mol. The van der Waals surface area contributed by atoms with Gasteiger partial charge in [0.05, 0.1) is 123 Å². The van der Waals surface area contributed by atoms with Crippen molar-refractivity contribution in [2.75, 3.05) is 78.2 Å². The highest BCUT2D eigenvalue weighted by Crippen LogP contribution is 2.37. The Balaban J connectivity index is 1.50. The Morgan fingerprint density at radius 2 is 0.528 bits per heavy atom. The van der Waals surface area contributed by atoms with Crippen molar-refractivity contribution in [2.24, 2.45) is 0 Å². The number of aromatic amines is 6. The lowest BCUT2D eigenvalue weighted by molar-refractivity contribution is -0.141. The summed E-state index contributed by atoms with van der Waals surface area (Å²) in [4.78, 5) is 195. The predicted molar refractivity (Wildman–Crippen MR) is 380 cm³/mol. The molecule has 7 rings (SSSR count). The molecule has 6 aromatic heterocycles. The van der Waals surface area contributed by atoms with Gasteiger partial charge in [0.2, 0.25) is 5.91 Å². The number of rotatable bonds is 39. The normalized spacial score (nSPS) is 11.8. The second-order valence-corrected chi connectivity index (χ2v) is 26.7. The molecule has 0 spiro atoms. The van der Waals surface area contributed by atoms with E-state index in [4.69, 9.17) is 56.8 Å². The molecule has 6 aromatic rings. The fraction of sp³-hybridized carbons (Fsp3) is 0.513. The van der Waals surface area contributed by atoms with E-state index in [1.165, 1.54) is 78.2 Å². The number of aromatic nitrogens is 6. The molecule has 32 nitrogen and oxygen atoms in total. The summed E-state index contributed by atoms with van der Waals surface area (Å²) < 4.78 is 62.6. The van der Waals surface area contributed by atoms with Crippen LogP contribution < -0.4 is 5.32 Å². The molecule has 1 aliphatic rings. The minimum Gasteiger partial charge on any atom is -0.469 e. The number of carbonyl (C=O) groups is 13. The first-order valence-corrected chi connectivity index (χ1v) is 35.0. The summed E-state index contributed by atoms with van der Waals surface area (Å²) in [6.45, 7) is 5.20. The summed E-state index contributed by atoms with van der Waals surface area (Å²) in [7, 11) is 13.4. The molecular formula is C76H97N7O25. The lowest BCUT2D eigenvalue weighted by atomic mass is 9.93. The number of methoxy groups -OCH3 is 11. The van der Waals surface area contributed by atoms with Crippen molar-refractivity contribution < 1.29 is 119 Å². The van der Waals surface area contributed by atoms with Crippen LogP contribution in [0.2, 0.25) is 0 Å². The van der Waals surface area contributed by atoms with Crippen molar-refractivity contribution in [1.29, 1.82) is 0 Å². The summed E-state index contributed by atoms with van der Waals surface area (Å²) in [6.07, 6.45) is -3.10. The minimum absolute atomic E-state index is 0.0135. The van der Waals surface area contributed by atoms with Crippen LogP contribution in [0.3, 0.4) is 0 Å². The van der Waals surface area contributed by atoms with E-state index in [-0.39, 0.29) is 165 Å². The summed E-state index contributed by atoms with van der Waals surface area (Å²) in [5.74, 6) is -7.88. The SMILES string of the molecule is COC(=O)CCc1c(Cc2[nH]c(Cc3[nH]c(Cc4[nH]c(Cc5[nH]c(Cc6[nH]c(C(=O)OC(C)(C)C)c(CCC(=O)OC)c6CC(=O)OC)c(CCC(=O)OC)c5CC(=O)OC)c(CCC(=O)OC)c4CC(=O)OC)c(CC(=O)OC)c3CCC(=O)OC)c(CCC(=O)OC)c2CC(=O)OC)[nH]c2c1CC(=O)NC2. The Hall–Kier alpha value is -11.2. The summed E-state index contributed by atoms with van der Waals surface area (Å²) in [6, 6.07) is 0. The third-order valence-corrected chi connectivity index (χ3v) is 19.0. The Labute approximate surface area is 623 Å². The van der Waals surface area contributed by atoms with Crippen LogP contribution in [0.15, 0.2) is 0 Å². The second-order valence-electron chi connectivity index (χ2n) is 26.7. The lowest BCUT2D eigenvalue weighted by Crippen LogP contribution is -2.30. The molecule has 0 aliphatic carbocycles. The Bertz CT molecular complexity index is 4350. The number of fused-ring (bicyclic) bond motifs is 1. The molecule has 0 fully saturated rings. The van der Waals surface area contributed by atoms with Crippen molar-refractivity contribution in [1.82, 2.24) is 35.2 Å². The third-order valence-electron chi connectivity index (χ3n) is 19.0.